The standard InChI is InChI=1S/C15H14F3NO6S2/c1-2-26(21,22)12-7-8-14(20)13(9-12)19-27(23,24)11-5-3-10(4-6-11)25-15(16,17)18/h3-9,19-20H,2H2,1H3. The van der Waals surface area contributed by atoms with E-state index in [9.17, 15) is 35.1 Å². The van der Waals surface area contributed by atoms with Gasteiger partial charge in [0.2, 0.25) is 0 Å². The Balaban J connectivity index is 2.32. The molecule has 0 saturated heterocycles. The maximum absolute atomic E-state index is 12.3. The van der Waals surface area contributed by atoms with Crippen LogP contribution in [-0.4, -0.2) is 34.1 Å². The number of sulfone groups is 1. The quantitative estimate of drug-likeness (QED) is 0.689. The van der Waals surface area contributed by atoms with Gasteiger partial charge >= 0.3 is 6.36 Å². The lowest BCUT2D eigenvalue weighted by atomic mass is 10.3. The molecule has 7 nitrogen and oxygen atoms in total. The van der Waals surface area contributed by atoms with Crippen molar-refractivity contribution in [1.82, 2.24) is 0 Å². The number of hydrogen-bond acceptors (Lipinski definition) is 6. The van der Waals surface area contributed by atoms with E-state index < -0.39 is 42.6 Å². The molecule has 27 heavy (non-hydrogen) atoms. The van der Waals surface area contributed by atoms with Gasteiger partial charge in [0.25, 0.3) is 10.0 Å². The number of nitrogens with one attached hydrogen (secondary N) is 1. The zero-order valence-electron chi connectivity index (χ0n) is 13.7. The molecule has 0 amide bonds. The van der Waals surface area contributed by atoms with E-state index in [1.54, 1.807) is 0 Å². The van der Waals surface area contributed by atoms with Crippen molar-refractivity contribution in [2.45, 2.75) is 23.1 Å². The van der Waals surface area contributed by atoms with E-state index in [2.05, 4.69) is 4.74 Å². The minimum Gasteiger partial charge on any atom is -0.506 e. The number of anilines is 1. The van der Waals surface area contributed by atoms with Crippen molar-refractivity contribution in [2.24, 2.45) is 0 Å². The maximum atomic E-state index is 12.3. The predicted octanol–water partition coefficient (Wildman–Crippen LogP) is 2.89. The van der Waals surface area contributed by atoms with Crippen molar-refractivity contribution in [3.63, 3.8) is 0 Å². The SMILES string of the molecule is CCS(=O)(=O)c1ccc(O)c(NS(=O)(=O)c2ccc(OC(F)(F)F)cc2)c1. The van der Waals surface area contributed by atoms with Gasteiger partial charge in [-0.15, -0.1) is 13.2 Å². The van der Waals surface area contributed by atoms with Crippen molar-refractivity contribution in [2.75, 3.05) is 10.5 Å². The highest BCUT2D eigenvalue weighted by molar-refractivity contribution is 7.92. The molecule has 148 valence electrons. The van der Waals surface area contributed by atoms with Gasteiger partial charge in [-0.1, -0.05) is 6.92 Å². The Bertz CT molecular complexity index is 1030. The molecule has 0 spiro atoms. The normalized spacial score (nSPS) is 12.6. The van der Waals surface area contributed by atoms with E-state index in [-0.39, 0.29) is 16.3 Å². The summed E-state index contributed by atoms with van der Waals surface area (Å²) in [5.74, 6) is -1.36. The van der Waals surface area contributed by atoms with Crippen LogP contribution in [-0.2, 0) is 19.9 Å². The molecule has 2 aromatic carbocycles. The Hall–Kier alpha value is -2.47. The molecule has 2 aromatic rings. The smallest absolute Gasteiger partial charge is 0.506 e. The Morgan fingerprint density at radius 2 is 1.56 bits per heavy atom. The summed E-state index contributed by atoms with van der Waals surface area (Å²) in [5, 5.41) is 9.79. The van der Waals surface area contributed by atoms with Crippen LogP contribution in [0.5, 0.6) is 11.5 Å². The Morgan fingerprint density at radius 3 is 2.07 bits per heavy atom. The van der Waals surface area contributed by atoms with Gasteiger partial charge < -0.3 is 9.84 Å². The van der Waals surface area contributed by atoms with Crippen LogP contribution in [0.25, 0.3) is 0 Å². The van der Waals surface area contributed by atoms with E-state index in [1.165, 1.54) is 6.92 Å². The molecule has 0 aliphatic rings. The average molecular weight is 425 g/mol. The van der Waals surface area contributed by atoms with Crippen LogP contribution in [0.15, 0.2) is 52.3 Å². The molecule has 0 aliphatic carbocycles. The van der Waals surface area contributed by atoms with Crippen LogP contribution in [0.4, 0.5) is 18.9 Å². The molecule has 0 fully saturated rings. The van der Waals surface area contributed by atoms with Crippen molar-refractivity contribution in [3.8, 4) is 11.5 Å². The molecular formula is C15H14F3NO6S2. The lowest BCUT2D eigenvalue weighted by Crippen LogP contribution is -2.17. The number of ether oxygens (including phenoxy) is 1. The number of alkyl halides is 3. The van der Waals surface area contributed by atoms with E-state index in [1.807, 2.05) is 4.72 Å². The first-order chi connectivity index (χ1) is 12.3. The van der Waals surface area contributed by atoms with Crippen molar-refractivity contribution in [1.29, 1.82) is 0 Å². The number of rotatable bonds is 6. The summed E-state index contributed by atoms with van der Waals surface area (Å²) in [6.07, 6.45) is -4.92. The number of halogens is 3. The molecule has 0 bridgehead atoms. The molecular weight excluding hydrogens is 411 g/mol. The molecule has 0 aromatic heterocycles. The minimum absolute atomic E-state index is 0.200. The zero-order valence-corrected chi connectivity index (χ0v) is 15.3. The number of phenolic OH excluding ortho intramolecular Hbond substituents is 1. The van der Waals surface area contributed by atoms with Crippen molar-refractivity contribution < 1.29 is 39.9 Å². The largest absolute Gasteiger partial charge is 0.573 e. The highest BCUT2D eigenvalue weighted by Crippen LogP contribution is 2.30. The fraction of sp³-hybridized carbons (Fsp3) is 0.200. The summed E-state index contributed by atoms with van der Waals surface area (Å²) >= 11 is 0. The van der Waals surface area contributed by atoms with Gasteiger partial charge in [-0.3, -0.25) is 4.72 Å². The molecule has 2 N–H and O–H groups in total. The molecule has 0 heterocycles. The van der Waals surface area contributed by atoms with Gasteiger partial charge in [-0.2, -0.15) is 0 Å². The Morgan fingerprint density at radius 1 is 1.00 bits per heavy atom. The fourth-order valence-corrected chi connectivity index (χ4v) is 3.95. The number of aromatic hydroxyl groups is 1. The first-order valence-corrected chi connectivity index (χ1v) is 10.4. The highest BCUT2D eigenvalue weighted by Gasteiger charge is 2.31. The van der Waals surface area contributed by atoms with Crippen LogP contribution < -0.4 is 9.46 Å². The first kappa shape index (κ1) is 20.8. The number of phenols is 1. The molecule has 2 rings (SSSR count). The number of benzene rings is 2. The van der Waals surface area contributed by atoms with Gasteiger partial charge in [0.15, 0.2) is 9.84 Å². The predicted molar refractivity (Wildman–Crippen MR) is 89.8 cm³/mol. The Kier molecular flexibility index (Phi) is 5.61. The van der Waals surface area contributed by atoms with Crippen molar-refractivity contribution >= 4 is 25.5 Å². The van der Waals surface area contributed by atoms with Gasteiger partial charge in [0.05, 0.1) is 21.2 Å². The van der Waals surface area contributed by atoms with Crippen molar-refractivity contribution in [3.05, 3.63) is 42.5 Å². The molecule has 0 aliphatic heterocycles. The monoisotopic (exact) mass is 425 g/mol. The van der Waals surface area contributed by atoms with Crippen LogP contribution >= 0.6 is 0 Å². The van der Waals surface area contributed by atoms with E-state index in [0.29, 0.717) is 0 Å². The minimum atomic E-state index is -4.92. The molecule has 0 radical (unpaired) electrons. The molecule has 0 unspecified atom stereocenters. The summed E-state index contributed by atoms with van der Waals surface area (Å²) in [7, 11) is -7.96. The second-order valence-corrected chi connectivity index (χ2v) is 9.17. The Labute approximate surface area is 153 Å². The summed E-state index contributed by atoms with van der Waals surface area (Å²) in [4.78, 5) is -0.616. The molecule has 0 atom stereocenters. The third-order valence-electron chi connectivity index (χ3n) is 3.32. The molecule has 0 saturated carbocycles. The third kappa shape index (κ3) is 5.26. The first-order valence-electron chi connectivity index (χ1n) is 7.28. The lowest BCUT2D eigenvalue weighted by Gasteiger charge is -2.12. The van der Waals surface area contributed by atoms with Crippen LogP contribution in [0.2, 0.25) is 0 Å². The van der Waals surface area contributed by atoms with Crippen LogP contribution in [0, 0.1) is 0 Å². The van der Waals surface area contributed by atoms with Gasteiger partial charge in [-0.25, -0.2) is 16.8 Å². The van der Waals surface area contributed by atoms with E-state index in [0.717, 1.165) is 42.5 Å². The second-order valence-electron chi connectivity index (χ2n) is 5.21. The molecule has 12 heteroatoms. The second kappa shape index (κ2) is 7.27. The van der Waals surface area contributed by atoms with Gasteiger partial charge in [0.1, 0.15) is 11.5 Å². The summed E-state index contributed by atoms with van der Waals surface area (Å²) in [6, 6.07) is 6.43. The summed E-state index contributed by atoms with van der Waals surface area (Å²) < 4.78 is 90.5. The fourth-order valence-electron chi connectivity index (χ4n) is 1.98. The summed E-state index contributed by atoms with van der Waals surface area (Å²) in [6.45, 7) is 1.40. The van der Waals surface area contributed by atoms with Crippen LogP contribution in [0.3, 0.4) is 0 Å². The summed E-state index contributed by atoms with van der Waals surface area (Å²) in [5.41, 5.74) is -0.389. The van der Waals surface area contributed by atoms with E-state index >= 15 is 0 Å². The maximum Gasteiger partial charge on any atom is 0.573 e. The number of sulfonamides is 1. The van der Waals surface area contributed by atoms with Gasteiger partial charge in [-0.05, 0) is 42.5 Å². The number of hydrogen-bond donors (Lipinski definition) is 2. The van der Waals surface area contributed by atoms with Gasteiger partial charge in [0, 0.05) is 0 Å². The third-order valence-corrected chi connectivity index (χ3v) is 6.43. The average Bonchev–Trinajstić information content (AvgIpc) is 2.55. The lowest BCUT2D eigenvalue weighted by molar-refractivity contribution is -0.274. The zero-order chi connectivity index (χ0) is 20.5. The highest BCUT2D eigenvalue weighted by atomic mass is 32.2. The van der Waals surface area contributed by atoms with Crippen LogP contribution in [0.1, 0.15) is 6.92 Å². The topological polar surface area (TPSA) is 110 Å². The van der Waals surface area contributed by atoms with E-state index in [4.69, 9.17) is 0 Å².